The zero-order valence-corrected chi connectivity index (χ0v) is 20.6. The molecule has 1 unspecified atom stereocenters. The maximum atomic E-state index is 15.1. The Hall–Kier alpha value is -3.42. The molecule has 1 aromatic carbocycles. The van der Waals surface area contributed by atoms with Gasteiger partial charge in [0.2, 0.25) is 0 Å². The number of nitriles is 1. The van der Waals surface area contributed by atoms with Gasteiger partial charge in [0.25, 0.3) is 11.8 Å². The first-order valence-electron chi connectivity index (χ1n) is 11.1. The van der Waals surface area contributed by atoms with E-state index in [2.05, 4.69) is 10.3 Å². The third-order valence-electron chi connectivity index (χ3n) is 6.65. The molecule has 2 aromatic heterocycles. The molecular weight excluding hydrogens is 485 g/mol. The number of carbonyl (C=O) groups is 2. The van der Waals surface area contributed by atoms with Gasteiger partial charge in [-0.3, -0.25) is 14.5 Å². The Balaban J connectivity index is 1.44. The van der Waals surface area contributed by atoms with Gasteiger partial charge in [0, 0.05) is 10.6 Å². The molecule has 2 amide bonds. The number of hydrogen-bond donors (Lipinski definition) is 2. The van der Waals surface area contributed by atoms with Crippen molar-refractivity contribution in [3.63, 3.8) is 0 Å². The highest BCUT2D eigenvalue weighted by atomic mass is 32.1. The molecule has 1 N–H and O–H groups in total. The Morgan fingerprint density at radius 3 is 2.74 bits per heavy atom. The summed E-state index contributed by atoms with van der Waals surface area (Å²) < 4.78 is 15.1. The van der Waals surface area contributed by atoms with Gasteiger partial charge in [-0.15, -0.1) is 24.0 Å². The van der Waals surface area contributed by atoms with Gasteiger partial charge in [-0.05, 0) is 67.5 Å². The molecule has 7 nitrogen and oxygen atoms in total. The summed E-state index contributed by atoms with van der Waals surface area (Å²) in [6.07, 6.45) is 3.59. The zero-order chi connectivity index (χ0) is 24.7. The molecule has 1 aliphatic carbocycles. The summed E-state index contributed by atoms with van der Waals surface area (Å²) in [7, 11) is 0. The van der Waals surface area contributed by atoms with Crippen LogP contribution in [0.15, 0.2) is 48.0 Å². The van der Waals surface area contributed by atoms with Crippen LogP contribution in [0.2, 0.25) is 0 Å². The normalized spacial score (nSPS) is 18.5. The van der Waals surface area contributed by atoms with Gasteiger partial charge >= 0.3 is 0 Å². The zero-order valence-electron chi connectivity index (χ0n) is 18.9. The number of rotatable bonds is 5. The van der Waals surface area contributed by atoms with Crippen LogP contribution in [0.3, 0.4) is 0 Å². The van der Waals surface area contributed by atoms with Gasteiger partial charge in [-0.25, -0.2) is 9.37 Å². The lowest BCUT2D eigenvalue weighted by Gasteiger charge is -2.44. The molecule has 2 aliphatic rings. The van der Waals surface area contributed by atoms with Crippen LogP contribution in [0, 0.1) is 24.1 Å². The van der Waals surface area contributed by atoms with Gasteiger partial charge in [0.1, 0.15) is 23.1 Å². The SMILES string of the molecule is Cc1cc(N2C(=O)C3(CCC3)N(c3ccc(C(=O)NCc4cccs4)c(F)c3)C2S)cnc1C#N. The number of hydrogen-bond acceptors (Lipinski definition) is 7. The number of aryl methyl sites for hydroxylation is 1. The van der Waals surface area contributed by atoms with Gasteiger partial charge in [0.15, 0.2) is 5.50 Å². The van der Waals surface area contributed by atoms with Crippen LogP contribution in [0.1, 0.15) is 45.8 Å². The Morgan fingerprint density at radius 1 is 1.34 bits per heavy atom. The quantitative estimate of drug-likeness (QED) is 0.501. The van der Waals surface area contributed by atoms with Crippen molar-refractivity contribution < 1.29 is 14.0 Å². The first kappa shape index (κ1) is 23.3. The number of nitrogens with one attached hydrogen (secondary N) is 1. The van der Waals surface area contributed by atoms with Crippen LogP contribution < -0.4 is 15.1 Å². The van der Waals surface area contributed by atoms with E-state index in [1.807, 2.05) is 28.5 Å². The van der Waals surface area contributed by atoms with Crippen molar-refractivity contribution in [2.45, 2.75) is 43.8 Å². The number of thiol groups is 1. The molecule has 1 atom stereocenters. The lowest BCUT2D eigenvalue weighted by Crippen LogP contribution is -2.55. The van der Waals surface area contributed by atoms with Crippen molar-refractivity contribution >= 4 is 47.2 Å². The van der Waals surface area contributed by atoms with Crippen LogP contribution in [-0.2, 0) is 11.3 Å². The smallest absolute Gasteiger partial charge is 0.255 e. The van der Waals surface area contributed by atoms with Gasteiger partial charge in [-0.2, -0.15) is 5.26 Å². The number of thiophene rings is 1. The Morgan fingerprint density at radius 2 is 2.14 bits per heavy atom. The summed E-state index contributed by atoms with van der Waals surface area (Å²) in [6.45, 7) is 2.09. The molecule has 1 spiro atoms. The molecule has 2 fully saturated rings. The second-order valence-corrected chi connectivity index (χ2v) is 10.2. The Bertz CT molecular complexity index is 1350. The highest BCUT2D eigenvalue weighted by Crippen LogP contribution is 2.50. The summed E-state index contributed by atoms with van der Waals surface area (Å²) in [5, 5.41) is 13.8. The molecule has 0 bridgehead atoms. The highest BCUT2D eigenvalue weighted by Gasteiger charge is 2.60. The highest BCUT2D eigenvalue weighted by molar-refractivity contribution is 7.81. The molecule has 0 radical (unpaired) electrons. The molecule has 10 heteroatoms. The maximum absolute atomic E-state index is 15.1. The van der Waals surface area contributed by atoms with Crippen molar-refractivity contribution in [2.24, 2.45) is 0 Å². The third kappa shape index (κ3) is 3.85. The van der Waals surface area contributed by atoms with Crippen molar-refractivity contribution in [3.8, 4) is 6.07 Å². The first-order chi connectivity index (χ1) is 16.9. The van der Waals surface area contributed by atoms with Gasteiger partial charge in [-0.1, -0.05) is 6.07 Å². The number of anilines is 2. The van der Waals surface area contributed by atoms with Crippen LogP contribution in [0.5, 0.6) is 0 Å². The first-order valence-corrected chi connectivity index (χ1v) is 12.5. The minimum absolute atomic E-state index is 0.0574. The predicted octanol–water partition coefficient (Wildman–Crippen LogP) is 4.38. The topological polar surface area (TPSA) is 89.3 Å². The number of pyridine rings is 1. The lowest BCUT2D eigenvalue weighted by molar-refractivity contribution is -0.124. The number of benzene rings is 1. The molecule has 1 saturated heterocycles. The minimum Gasteiger partial charge on any atom is -0.347 e. The largest absolute Gasteiger partial charge is 0.347 e. The molecule has 3 heterocycles. The number of halogens is 1. The van der Waals surface area contributed by atoms with E-state index < -0.39 is 22.8 Å². The predicted molar refractivity (Wildman–Crippen MR) is 135 cm³/mol. The Kier molecular flexibility index (Phi) is 5.99. The van der Waals surface area contributed by atoms with Gasteiger partial charge in [0.05, 0.1) is 24.0 Å². The maximum Gasteiger partial charge on any atom is 0.255 e. The fraction of sp³-hybridized carbons (Fsp3) is 0.280. The molecular formula is C25H22FN5O2S2. The fourth-order valence-electron chi connectivity index (χ4n) is 4.69. The van der Waals surface area contributed by atoms with E-state index in [4.69, 9.17) is 12.6 Å². The van der Waals surface area contributed by atoms with E-state index in [-0.39, 0.29) is 11.5 Å². The average Bonchev–Trinajstić information content (AvgIpc) is 3.41. The standard InChI is InChI=1S/C25H22FN5O2S2/c1-15-10-17(13-28-21(15)12-27)30-23(33)25(7-3-8-25)31(24(30)34)16-5-6-19(20(26)11-16)22(32)29-14-18-4-2-9-35-18/h2,4-6,9-11,13,24,34H,3,7-8,14H2,1H3,(H,29,32). The molecule has 5 rings (SSSR count). The molecule has 1 aliphatic heterocycles. The van der Waals surface area contributed by atoms with E-state index in [0.717, 1.165) is 11.3 Å². The minimum atomic E-state index is -0.830. The summed E-state index contributed by atoms with van der Waals surface area (Å²) in [6, 6.07) is 12.0. The summed E-state index contributed by atoms with van der Waals surface area (Å²) in [5.41, 5.74) is 0.373. The van der Waals surface area contributed by atoms with Crippen molar-refractivity contribution in [2.75, 3.05) is 9.80 Å². The van der Waals surface area contributed by atoms with E-state index in [1.54, 1.807) is 24.0 Å². The van der Waals surface area contributed by atoms with Crippen LogP contribution in [0.25, 0.3) is 0 Å². The number of amides is 2. The van der Waals surface area contributed by atoms with Crippen LogP contribution >= 0.6 is 24.0 Å². The number of carbonyl (C=O) groups excluding carboxylic acids is 2. The monoisotopic (exact) mass is 507 g/mol. The van der Waals surface area contributed by atoms with Crippen molar-refractivity contribution in [3.05, 3.63) is 75.5 Å². The van der Waals surface area contributed by atoms with Crippen molar-refractivity contribution in [1.82, 2.24) is 10.3 Å². The number of nitrogens with zero attached hydrogens (tertiary/aromatic N) is 4. The summed E-state index contributed by atoms with van der Waals surface area (Å²) in [5.74, 6) is -1.29. The molecule has 178 valence electrons. The van der Waals surface area contributed by atoms with Gasteiger partial charge < -0.3 is 10.2 Å². The molecule has 35 heavy (non-hydrogen) atoms. The molecule has 3 aromatic rings. The van der Waals surface area contributed by atoms with E-state index in [1.165, 1.54) is 29.7 Å². The average molecular weight is 508 g/mol. The Labute approximate surface area is 211 Å². The molecule has 1 saturated carbocycles. The second kappa shape index (κ2) is 8.98. The fourth-order valence-corrected chi connectivity index (χ4v) is 5.93. The third-order valence-corrected chi connectivity index (χ3v) is 7.99. The number of aromatic nitrogens is 1. The summed E-state index contributed by atoms with van der Waals surface area (Å²) >= 11 is 6.27. The second-order valence-electron chi connectivity index (χ2n) is 8.67. The summed E-state index contributed by atoms with van der Waals surface area (Å²) in [4.78, 5) is 34.7. The van der Waals surface area contributed by atoms with E-state index >= 15 is 4.39 Å². The van der Waals surface area contributed by atoms with Crippen molar-refractivity contribution in [1.29, 1.82) is 5.26 Å². The van der Waals surface area contributed by atoms with E-state index in [0.29, 0.717) is 42.0 Å². The van der Waals surface area contributed by atoms with Crippen LogP contribution in [-0.4, -0.2) is 27.8 Å². The van der Waals surface area contributed by atoms with Crippen LogP contribution in [0.4, 0.5) is 15.8 Å². The van der Waals surface area contributed by atoms with E-state index in [9.17, 15) is 14.9 Å². The lowest BCUT2D eigenvalue weighted by atomic mass is 9.75.